The number of halogens is 3. The van der Waals surface area contributed by atoms with E-state index in [9.17, 15) is 23.1 Å². The highest BCUT2D eigenvalue weighted by atomic mass is 19.2. The highest BCUT2D eigenvalue weighted by Crippen LogP contribution is 2.21. The molecule has 0 radical (unpaired) electrons. The summed E-state index contributed by atoms with van der Waals surface area (Å²) in [6, 6.07) is 1.52. The third kappa shape index (κ3) is 2.72. The number of aliphatic hydroxyl groups is 1. The fourth-order valence-electron chi connectivity index (χ4n) is 1.82. The second-order valence-electron chi connectivity index (χ2n) is 4.11. The minimum atomic E-state index is -1.70. The van der Waals surface area contributed by atoms with Crippen LogP contribution in [0.25, 0.3) is 0 Å². The van der Waals surface area contributed by atoms with E-state index in [1.54, 1.807) is 13.8 Å². The molecule has 2 nitrogen and oxygen atoms in total. The lowest BCUT2D eigenvalue weighted by Gasteiger charge is -2.19. The van der Waals surface area contributed by atoms with Crippen LogP contribution in [0.4, 0.5) is 13.2 Å². The first-order valence-corrected chi connectivity index (χ1v) is 5.79. The summed E-state index contributed by atoms with van der Waals surface area (Å²) in [6.45, 7) is 3.57. The van der Waals surface area contributed by atoms with Crippen molar-refractivity contribution < 1.29 is 23.1 Å². The summed E-state index contributed by atoms with van der Waals surface area (Å²) in [5.41, 5.74) is -0.617. The van der Waals surface area contributed by atoms with Crippen molar-refractivity contribution in [1.82, 2.24) is 0 Å². The van der Waals surface area contributed by atoms with Crippen LogP contribution in [0, 0.1) is 23.4 Å². The fraction of sp³-hybridized carbons (Fsp3) is 0.462. The Morgan fingerprint density at radius 2 is 1.72 bits per heavy atom. The number of rotatable bonds is 5. The van der Waals surface area contributed by atoms with Crippen molar-refractivity contribution in [2.75, 3.05) is 0 Å². The molecule has 5 heteroatoms. The van der Waals surface area contributed by atoms with Crippen molar-refractivity contribution >= 4 is 5.78 Å². The predicted octanol–water partition coefficient (Wildman–Crippen LogP) is 3.08. The minimum Gasteiger partial charge on any atom is -0.385 e. The molecular weight excluding hydrogens is 245 g/mol. The molecule has 18 heavy (non-hydrogen) atoms. The van der Waals surface area contributed by atoms with Crippen LogP contribution < -0.4 is 0 Å². The molecule has 0 spiro atoms. The van der Waals surface area contributed by atoms with Crippen LogP contribution in [0.5, 0.6) is 0 Å². The monoisotopic (exact) mass is 260 g/mol. The Balaban J connectivity index is 3.08. The van der Waals surface area contributed by atoms with Crippen molar-refractivity contribution in [2.45, 2.75) is 32.8 Å². The summed E-state index contributed by atoms with van der Waals surface area (Å²) in [5.74, 6) is -5.85. The minimum absolute atomic E-state index is 0.329. The highest BCUT2D eigenvalue weighted by Gasteiger charge is 2.28. The first-order valence-electron chi connectivity index (χ1n) is 5.79. The molecule has 0 fully saturated rings. The number of carbonyl (C=O) groups excluding carboxylic acids is 1. The Hall–Kier alpha value is -1.36. The second kappa shape index (κ2) is 6.00. The lowest BCUT2D eigenvalue weighted by Crippen LogP contribution is -2.30. The van der Waals surface area contributed by atoms with Crippen LogP contribution in [-0.4, -0.2) is 17.0 Å². The maximum absolute atomic E-state index is 13.4. The van der Waals surface area contributed by atoms with Gasteiger partial charge in [-0.15, -0.1) is 0 Å². The van der Waals surface area contributed by atoms with Gasteiger partial charge in [-0.3, -0.25) is 4.79 Å². The Morgan fingerprint density at radius 3 is 2.22 bits per heavy atom. The normalized spacial score (nSPS) is 12.8. The number of carbonyl (C=O) groups is 1. The van der Waals surface area contributed by atoms with Crippen molar-refractivity contribution in [3.8, 4) is 0 Å². The summed E-state index contributed by atoms with van der Waals surface area (Å²) >= 11 is 0. The van der Waals surface area contributed by atoms with E-state index in [1.807, 2.05) is 0 Å². The van der Waals surface area contributed by atoms with E-state index in [2.05, 4.69) is 0 Å². The average molecular weight is 260 g/mol. The molecule has 0 amide bonds. The van der Waals surface area contributed by atoms with Gasteiger partial charge in [0, 0.05) is 0 Å². The van der Waals surface area contributed by atoms with Gasteiger partial charge in [-0.1, -0.05) is 26.7 Å². The van der Waals surface area contributed by atoms with E-state index < -0.39 is 34.9 Å². The molecule has 0 aliphatic carbocycles. The van der Waals surface area contributed by atoms with E-state index in [0.717, 1.165) is 6.07 Å². The van der Waals surface area contributed by atoms with E-state index in [0.29, 0.717) is 18.9 Å². The summed E-state index contributed by atoms with van der Waals surface area (Å²) in [7, 11) is 0. The second-order valence-corrected chi connectivity index (χ2v) is 4.11. The zero-order valence-corrected chi connectivity index (χ0v) is 10.2. The van der Waals surface area contributed by atoms with Gasteiger partial charge in [0.15, 0.2) is 23.2 Å². The van der Waals surface area contributed by atoms with Gasteiger partial charge in [0.1, 0.15) is 6.10 Å². The fourth-order valence-corrected chi connectivity index (χ4v) is 1.82. The first-order chi connectivity index (χ1) is 8.43. The largest absolute Gasteiger partial charge is 0.385 e. The van der Waals surface area contributed by atoms with E-state index in [1.165, 1.54) is 0 Å². The zero-order chi connectivity index (χ0) is 13.9. The Morgan fingerprint density at radius 1 is 1.17 bits per heavy atom. The molecule has 1 unspecified atom stereocenters. The molecule has 1 N–H and O–H groups in total. The van der Waals surface area contributed by atoms with E-state index in [4.69, 9.17) is 0 Å². The summed E-state index contributed by atoms with van der Waals surface area (Å²) < 4.78 is 39.1. The van der Waals surface area contributed by atoms with Gasteiger partial charge in [-0.05, 0) is 18.1 Å². The molecule has 0 saturated carbocycles. The van der Waals surface area contributed by atoms with Crippen LogP contribution >= 0.6 is 0 Å². The Kier molecular flexibility index (Phi) is 4.90. The molecule has 100 valence electrons. The van der Waals surface area contributed by atoms with Gasteiger partial charge >= 0.3 is 0 Å². The third-order valence-electron chi connectivity index (χ3n) is 3.06. The molecular formula is C13H15F3O2. The van der Waals surface area contributed by atoms with Gasteiger partial charge in [-0.25, -0.2) is 13.2 Å². The Bertz CT molecular complexity index is 442. The van der Waals surface area contributed by atoms with Gasteiger partial charge in [-0.2, -0.15) is 0 Å². The number of hydrogen-bond acceptors (Lipinski definition) is 2. The molecule has 0 aliphatic rings. The molecule has 0 heterocycles. The molecule has 0 bridgehead atoms. The molecule has 1 rings (SSSR count). The zero-order valence-electron chi connectivity index (χ0n) is 10.2. The van der Waals surface area contributed by atoms with Crippen LogP contribution in [-0.2, 0) is 0 Å². The van der Waals surface area contributed by atoms with E-state index in [-0.39, 0.29) is 5.92 Å². The topological polar surface area (TPSA) is 37.3 Å². The third-order valence-corrected chi connectivity index (χ3v) is 3.06. The summed E-state index contributed by atoms with van der Waals surface area (Å²) in [6.07, 6.45) is -0.331. The molecule has 0 aromatic heterocycles. The standard InChI is InChI=1S/C13H15F3O2/c1-3-7(4-2)12(17)13(18)8-5-6-9(14)11(16)10(8)15/h5-7,12,17H,3-4H2,1-2H3. The lowest BCUT2D eigenvalue weighted by atomic mass is 9.90. The number of Topliss-reactive ketones (excluding diaryl/α,β-unsaturated/α-hetero) is 1. The van der Waals surface area contributed by atoms with Crippen molar-refractivity contribution in [3.63, 3.8) is 0 Å². The first kappa shape index (κ1) is 14.7. The van der Waals surface area contributed by atoms with Crippen LogP contribution in [0.15, 0.2) is 12.1 Å². The van der Waals surface area contributed by atoms with Gasteiger partial charge in [0.25, 0.3) is 0 Å². The number of benzene rings is 1. The number of ketones is 1. The summed E-state index contributed by atoms with van der Waals surface area (Å²) in [4.78, 5) is 11.8. The van der Waals surface area contributed by atoms with E-state index >= 15 is 0 Å². The molecule has 0 saturated heterocycles. The molecule has 1 aromatic rings. The van der Waals surface area contributed by atoms with Crippen LogP contribution in [0.1, 0.15) is 37.0 Å². The molecule has 1 atom stereocenters. The van der Waals surface area contributed by atoms with Gasteiger partial charge < -0.3 is 5.11 Å². The molecule has 0 aliphatic heterocycles. The van der Waals surface area contributed by atoms with Crippen LogP contribution in [0.3, 0.4) is 0 Å². The maximum Gasteiger partial charge on any atom is 0.195 e. The van der Waals surface area contributed by atoms with Crippen molar-refractivity contribution in [3.05, 3.63) is 35.1 Å². The van der Waals surface area contributed by atoms with Gasteiger partial charge in [0.2, 0.25) is 0 Å². The van der Waals surface area contributed by atoms with Crippen LogP contribution in [0.2, 0.25) is 0 Å². The predicted molar refractivity (Wildman–Crippen MR) is 60.7 cm³/mol. The SMILES string of the molecule is CCC(CC)C(O)C(=O)c1ccc(F)c(F)c1F. The number of aliphatic hydroxyl groups excluding tert-OH is 1. The average Bonchev–Trinajstić information content (AvgIpc) is 2.36. The maximum atomic E-state index is 13.4. The Labute approximate surface area is 103 Å². The van der Waals surface area contributed by atoms with Crippen molar-refractivity contribution in [2.24, 2.45) is 5.92 Å². The highest BCUT2D eigenvalue weighted by molar-refractivity contribution is 5.99. The summed E-state index contributed by atoms with van der Waals surface area (Å²) in [5, 5.41) is 9.78. The lowest BCUT2D eigenvalue weighted by molar-refractivity contribution is 0.0582. The van der Waals surface area contributed by atoms with Crippen molar-refractivity contribution in [1.29, 1.82) is 0 Å². The van der Waals surface area contributed by atoms with Gasteiger partial charge in [0.05, 0.1) is 5.56 Å². The smallest absolute Gasteiger partial charge is 0.195 e. The molecule has 1 aromatic carbocycles. The quantitative estimate of drug-likeness (QED) is 0.652. The number of hydrogen-bond donors (Lipinski definition) is 1.